The smallest absolute Gasteiger partial charge is 0.251 e. The Labute approximate surface area is 129 Å². The number of carbonyl (C=O) groups excluding carboxylic acids is 1. The van der Waals surface area contributed by atoms with E-state index in [4.69, 9.17) is 0 Å². The van der Waals surface area contributed by atoms with Crippen molar-refractivity contribution in [2.24, 2.45) is 0 Å². The molecule has 2 N–H and O–H groups in total. The van der Waals surface area contributed by atoms with Crippen LogP contribution in [-0.4, -0.2) is 13.0 Å². The highest BCUT2D eigenvalue weighted by Gasteiger charge is 2.14. The van der Waals surface area contributed by atoms with E-state index in [1.807, 2.05) is 35.6 Å². The second-order valence-electron chi connectivity index (χ2n) is 5.39. The number of thiophene rings is 1. The monoisotopic (exact) mass is 300 g/mol. The fourth-order valence-corrected chi connectivity index (χ4v) is 3.96. The molecule has 0 aliphatic heterocycles. The summed E-state index contributed by atoms with van der Waals surface area (Å²) in [5.41, 5.74) is 3.47. The van der Waals surface area contributed by atoms with E-state index in [0.29, 0.717) is 5.56 Å². The molecule has 3 rings (SSSR count). The van der Waals surface area contributed by atoms with Crippen molar-refractivity contribution < 1.29 is 4.79 Å². The van der Waals surface area contributed by atoms with Crippen molar-refractivity contribution >= 4 is 17.2 Å². The summed E-state index contributed by atoms with van der Waals surface area (Å²) in [5, 5.41) is 6.11. The maximum absolute atomic E-state index is 11.5. The SMILES string of the molecule is CNC(=O)c1ccc(CNCc2cc3c(s2)CCC3)cc1. The maximum atomic E-state index is 11.5. The predicted molar refractivity (Wildman–Crippen MR) is 86.7 cm³/mol. The van der Waals surface area contributed by atoms with Crippen LogP contribution in [0.5, 0.6) is 0 Å². The molecule has 0 saturated carbocycles. The Morgan fingerprint density at radius 2 is 2.00 bits per heavy atom. The minimum absolute atomic E-state index is 0.0392. The molecule has 0 bridgehead atoms. The molecule has 4 heteroatoms. The van der Waals surface area contributed by atoms with E-state index in [9.17, 15) is 4.79 Å². The van der Waals surface area contributed by atoms with Gasteiger partial charge in [0.1, 0.15) is 0 Å². The normalized spacial score (nSPS) is 13.2. The average molecular weight is 300 g/mol. The van der Waals surface area contributed by atoms with E-state index in [0.717, 1.165) is 13.1 Å². The Hall–Kier alpha value is -1.65. The van der Waals surface area contributed by atoms with Gasteiger partial charge in [-0.15, -0.1) is 11.3 Å². The Kier molecular flexibility index (Phi) is 4.36. The van der Waals surface area contributed by atoms with E-state index >= 15 is 0 Å². The van der Waals surface area contributed by atoms with Gasteiger partial charge in [-0.3, -0.25) is 4.79 Å². The third-order valence-corrected chi connectivity index (χ3v) is 5.11. The topological polar surface area (TPSA) is 41.1 Å². The summed E-state index contributed by atoms with van der Waals surface area (Å²) in [6, 6.07) is 10.1. The lowest BCUT2D eigenvalue weighted by molar-refractivity contribution is 0.0963. The van der Waals surface area contributed by atoms with Gasteiger partial charge in [-0.1, -0.05) is 12.1 Å². The van der Waals surface area contributed by atoms with Crippen LogP contribution in [0.2, 0.25) is 0 Å². The number of benzene rings is 1. The first-order valence-electron chi connectivity index (χ1n) is 7.38. The van der Waals surface area contributed by atoms with Crippen LogP contribution in [0.3, 0.4) is 0 Å². The van der Waals surface area contributed by atoms with Crippen LogP contribution in [0, 0.1) is 0 Å². The molecular formula is C17H20N2OS. The van der Waals surface area contributed by atoms with Crippen LogP contribution < -0.4 is 10.6 Å². The molecule has 3 nitrogen and oxygen atoms in total. The summed E-state index contributed by atoms with van der Waals surface area (Å²) < 4.78 is 0. The number of nitrogens with one attached hydrogen (secondary N) is 2. The minimum atomic E-state index is -0.0392. The molecule has 0 spiro atoms. The van der Waals surface area contributed by atoms with Crippen LogP contribution in [-0.2, 0) is 25.9 Å². The Morgan fingerprint density at radius 3 is 2.71 bits per heavy atom. The van der Waals surface area contributed by atoms with Gasteiger partial charge in [-0.25, -0.2) is 0 Å². The van der Waals surface area contributed by atoms with Gasteiger partial charge >= 0.3 is 0 Å². The summed E-state index contributed by atoms with van der Waals surface area (Å²) in [6.07, 6.45) is 3.85. The zero-order valence-electron chi connectivity index (χ0n) is 12.2. The van der Waals surface area contributed by atoms with Crippen molar-refractivity contribution in [3.8, 4) is 0 Å². The van der Waals surface area contributed by atoms with Gasteiger partial charge in [-0.2, -0.15) is 0 Å². The number of aryl methyl sites for hydroxylation is 2. The Balaban J connectivity index is 1.51. The second-order valence-corrected chi connectivity index (χ2v) is 6.62. The third kappa shape index (κ3) is 3.34. The molecule has 0 radical (unpaired) electrons. The first-order valence-corrected chi connectivity index (χ1v) is 8.20. The Morgan fingerprint density at radius 1 is 1.19 bits per heavy atom. The van der Waals surface area contributed by atoms with Crippen LogP contribution in [0.4, 0.5) is 0 Å². The molecular weight excluding hydrogens is 280 g/mol. The van der Waals surface area contributed by atoms with Crippen LogP contribution >= 0.6 is 11.3 Å². The molecule has 0 unspecified atom stereocenters. The minimum Gasteiger partial charge on any atom is -0.355 e. The highest BCUT2D eigenvalue weighted by atomic mass is 32.1. The van der Waals surface area contributed by atoms with Gasteiger partial charge in [0, 0.05) is 35.5 Å². The van der Waals surface area contributed by atoms with Crippen LogP contribution in [0.1, 0.15) is 37.7 Å². The zero-order chi connectivity index (χ0) is 14.7. The number of hydrogen-bond acceptors (Lipinski definition) is 3. The fraction of sp³-hybridized carbons (Fsp3) is 0.353. The molecule has 2 aromatic rings. The molecule has 1 aromatic heterocycles. The number of carbonyl (C=O) groups is 1. The molecule has 0 fully saturated rings. The molecule has 1 amide bonds. The van der Waals surface area contributed by atoms with Gasteiger partial charge in [0.25, 0.3) is 5.91 Å². The summed E-state index contributed by atoms with van der Waals surface area (Å²) in [6.45, 7) is 1.76. The predicted octanol–water partition coefficient (Wildman–Crippen LogP) is 2.89. The molecule has 21 heavy (non-hydrogen) atoms. The quantitative estimate of drug-likeness (QED) is 0.891. The van der Waals surface area contributed by atoms with Crippen molar-refractivity contribution in [2.45, 2.75) is 32.4 Å². The lowest BCUT2D eigenvalue weighted by Gasteiger charge is -2.05. The van der Waals surface area contributed by atoms with E-state index in [-0.39, 0.29) is 5.91 Å². The van der Waals surface area contributed by atoms with Gasteiger partial charge in [0.05, 0.1) is 0 Å². The molecule has 1 heterocycles. The molecule has 0 saturated heterocycles. The molecule has 1 aliphatic carbocycles. The summed E-state index contributed by atoms with van der Waals surface area (Å²) >= 11 is 1.95. The standard InChI is InChI=1S/C17H20N2OS/c1-18-17(20)13-7-5-12(6-8-13)10-19-11-15-9-14-3-2-4-16(14)21-15/h5-9,19H,2-4,10-11H2,1H3,(H,18,20). The van der Waals surface area contributed by atoms with Crippen molar-refractivity contribution in [1.29, 1.82) is 0 Å². The van der Waals surface area contributed by atoms with Gasteiger partial charge < -0.3 is 10.6 Å². The van der Waals surface area contributed by atoms with Crippen molar-refractivity contribution in [3.63, 3.8) is 0 Å². The summed E-state index contributed by atoms with van der Waals surface area (Å²) in [4.78, 5) is 14.5. The number of amides is 1. The largest absolute Gasteiger partial charge is 0.355 e. The highest BCUT2D eigenvalue weighted by molar-refractivity contribution is 7.12. The summed E-state index contributed by atoms with van der Waals surface area (Å²) in [7, 11) is 1.65. The first-order chi connectivity index (χ1) is 10.3. The molecule has 110 valence electrons. The van der Waals surface area contributed by atoms with Gasteiger partial charge in [-0.05, 0) is 48.6 Å². The number of rotatable bonds is 5. The fourth-order valence-electron chi connectivity index (χ4n) is 2.73. The zero-order valence-corrected chi connectivity index (χ0v) is 13.1. The van der Waals surface area contributed by atoms with Crippen molar-refractivity contribution in [1.82, 2.24) is 10.6 Å². The van der Waals surface area contributed by atoms with Crippen LogP contribution in [0.15, 0.2) is 30.3 Å². The summed E-state index contributed by atoms with van der Waals surface area (Å²) in [5.74, 6) is -0.0392. The van der Waals surface area contributed by atoms with E-state index in [1.165, 1.54) is 29.7 Å². The number of hydrogen-bond donors (Lipinski definition) is 2. The van der Waals surface area contributed by atoms with E-state index < -0.39 is 0 Å². The molecule has 1 aromatic carbocycles. The molecule has 0 atom stereocenters. The number of fused-ring (bicyclic) bond motifs is 1. The van der Waals surface area contributed by atoms with Gasteiger partial charge in [0.2, 0.25) is 0 Å². The van der Waals surface area contributed by atoms with Gasteiger partial charge in [0.15, 0.2) is 0 Å². The maximum Gasteiger partial charge on any atom is 0.251 e. The Bertz CT molecular complexity index is 609. The van der Waals surface area contributed by atoms with Crippen molar-refractivity contribution in [3.05, 3.63) is 56.8 Å². The molecule has 1 aliphatic rings. The van der Waals surface area contributed by atoms with E-state index in [1.54, 1.807) is 17.5 Å². The lowest BCUT2D eigenvalue weighted by Crippen LogP contribution is -2.18. The lowest BCUT2D eigenvalue weighted by atomic mass is 10.1. The van der Waals surface area contributed by atoms with Crippen molar-refractivity contribution in [2.75, 3.05) is 7.05 Å². The second kappa shape index (κ2) is 6.41. The first kappa shape index (κ1) is 14.3. The third-order valence-electron chi connectivity index (χ3n) is 3.87. The highest BCUT2D eigenvalue weighted by Crippen LogP contribution is 2.30. The van der Waals surface area contributed by atoms with Crippen LogP contribution in [0.25, 0.3) is 0 Å². The van der Waals surface area contributed by atoms with E-state index in [2.05, 4.69) is 16.7 Å². The average Bonchev–Trinajstić information content (AvgIpc) is 3.08.